The first kappa shape index (κ1) is 14.8. The monoisotopic (exact) mass is 337 g/mol. The van der Waals surface area contributed by atoms with E-state index in [9.17, 15) is 0 Å². The van der Waals surface area contributed by atoms with Crippen LogP contribution in [0.25, 0.3) is 0 Å². The SMILES string of the molecule is Clc1ccc(COc2ccc(C3=NCCS3)cc2)cc1Cl. The molecule has 5 heteroatoms. The highest BCUT2D eigenvalue weighted by Gasteiger charge is 2.09. The quantitative estimate of drug-likeness (QED) is 0.777. The van der Waals surface area contributed by atoms with E-state index in [0.29, 0.717) is 16.7 Å². The molecule has 1 aliphatic rings. The van der Waals surface area contributed by atoms with E-state index in [1.165, 1.54) is 0 Å². The summed E-state index contributed by atoms with van der Waals surface area (Å²) in [4.78, 5) is 4.46. The Kier molecular flexibility index (Phi) is 4.73. The Labute approximate surface area is 138 Å². The molecule has 2 nitrogen and oxygen atoms in total. The second-order valence-corrected chi connectivity index (χ2v) is 6.49. The van der Waals surface area contributed by atoms with Gasteiger partial charge in [-0.2, -0.15) is 0 Å². The van der Waals surface area contributed by atoms with Crippen LogP contribution in [-0.4, -0.2) is 17.3 Å². The van der Waals surface area contributed by atoms with Crippen molar-refractivity contribution in [1.82, 2.24) is 0 Å². The van der Waals surface area contributed by atoms with Crippen molar-refractivity contribution in [3.63, 3.8) is 0 Å². The molecule has 1 heterocycles. The highest BCUT2D eigenvalue weighted by molar-refractivity contribution is 8.14. The molecular formula is C16H13Cl2NOS. The van der Waals surface area contributed by atoms with Gasteiger partial charge in [-0.05, 0) is 42.0 Å². The van der Waals surface area contributed by atoms with Gasteiger partial charge in [0.15, 0.2) is 0 Å². The number of aliphatic imine (C=N–C) groups is 1. The number of nitrogens with zero attached hydrogens (tertiary/aromatic N) is 1. The molecule has 0 amide bonds. The molecule has 0 fully saturated rings. The molecule has 0 saturated heterocycles. The lowest BCUT2D eigenvalue weighted by Crippen LogP contribution is -1.96. The summed E-state index contributed by atoms with van der Waals surface area (Å²) in [7, 11) is 0. The summed E-state index contributed by atoms with van der Waals surface area (Å²) in [6.07, 6.45) is 0. The fourth-order valence-electron chi connectivity index (χ4n) is 2.00. The number of rotatable bonds is 4. The number of benzene rings is 2. The molecule has 2 aromatic carbocycles. The average Bonchev–Trinajstić information content (AvgIpc) is 3.03. The Hall–Kier alpha value is -1.16. The van der Waals surface area contributed by atoms with Crippen molar-refractivity contribution in [2.45, 2.75) is 6.61 Å². The van der Waals surface area contributed by atoms with Crippen LogP contribution in [0.2, 0.25) is 10.0 Å². The van der Waals surface area contributed by atoms with Gasteiger partial charge in [0.1, 0.15) is 12.4 Å². The fourth-order valence-corrected chi connectivity index (χ4v) is 3.18. The maximum atomic E-state index is 5.99. The average molecular weight is 338 g/mol. The normalized spacial score (nSPS) is 14.1. The summed E-state index contributed by atoms with van der Waals surface area (Å²) < 4.78 is 5.76. The summed E-state index contributed by atoms with van der Waals surface area (Å²) in [6, 6.07) is 13.5. The van der Waals surface area contributed by atoms with Crippen LogP contribution < -0.4 is 4.74 Å². The maximum absolute atomic E-state index is 5.99. The van der Waals surface area contributed by atoms with E-state index >= 15 is 0 Å². The largest absolute Gasteiger partial charge is 0.489 e. The lowest BCUT2D eigenvalue weighted by atomic mass is 10.2. The highest BCUT2D eigenvalue weighted by Crippen LogP contribution is 2.24. The first-order valence-corrected chi connectivity index (χ1v) is 8.31. The van der Waals surface area contributed by atoms with Gasteiger partial charge in [-0.25, -0.2) is 0 Å². The molecule has 3 rings (SSSR count). The van der Waals surface area contributed by atoms with Crippen LogP contribution >= 0.6 is 35.0 Å². The Bertz CT molecular complexity index is 670. The summed E-state index contributed by atoms with van der Waals surface area (Å²) in [5.74, 6) is 1.90. The predicted octanol–water partition coefficient (Wildman–Crippen LogP) is 5.07. The predicted molar refractivity (Wildman–Crippen MR) is 91.1 cm³/mol. The van der Waals surface area contributed by atoms with E-state index in [-0.39, 0.29) is 0 Å². The highest BCUT2D eigenvalue weighted by atomic mass is 35.5. The molecule has 108 valence electrons. The van der Waals surface area contributed by atoms with Gasteiger partial charge >= 0.3 is 0 Å². The van der Waals surface area contributed by atoms with Crippen LogP contribution in [0.4, 0.5) is 0 Å². The summed E-state index contributed by atoms with van der Waals surface area (Å²) in [5, 5.41) is 2.22. The summed E-state index contributed by atoms with van der Waals surface area (Å²) >= 11 is 13.7. The van der Waals surface area contributed by atoms with E-state index in [4.69, 9.17) is 27.9 Å². The van der Waals surface area contributed by atoms with Crippen LogP contribution in [0.5, 0.6) is 5.75 Å². The van der Waals surface area contributed by atoms with Crippen molar-refractivity contribution < 1.29 is 4.74 Å². The van der Waals surface area contributed by atoms with Gasteiger partial charge in [-0.15, -0.1) is 11.8 Å². The van der Waals surface area contributed by atoms with E-state index in [1.54, 1.807) is 17.8 Å². The lowest BCUT2D eigenvalue weighted by Gasteiger charge is -2.08. The minimum Gasteiger partial charge on any atom is -0.489 e. The summed E-state index contributed by atoms with van der Waals surface area (Å²) in [6.45, 7) is 1.38. The number of thioether (sulfide) groups is 1. The molecule has 0 bridgehead atoms. The van der Waals surface area contributed by atoms with Crippen LogP contribution in [0.1, 0.15) is 11.1 Å². The van der Waals surface area contributed by atoms with E-state index in [0.717, 1.165) is 34.2 Å². The smallest absolute Gasteiger partial charge is 0.119 e. The standard InChI is InChI=1S/C16H13Cl2NOS/c17-14-6-1-11(9-15(14)18)10-20-13-4-2-12(3-5-13)16-19-7-8-21-16/h1-6,9H,7-8,10H2. The minimum atomic E-state index is 0.464. The Balaban J connectivity index is 1.63. The fraction of sp³-hybridized carbons (Fsp3) is 0.188. The molecule has 0 spiro atoms. The van der Waals surface area contributed by atoms with Crippen molar-refractivity contribution in [3.05, 3.63) is 63.6 Å². The number of hydrogen-bond acceptors (Lipinski definition) is 3. The topological polar surface area (TPSA) is 21.6 Å². The minimum absolute atomic E-state index is 0.464. The second-order valence-electron chi connectivity index (χ2n) is 4.60. The Morgan fingerprint density at radius 3 is 2.52 bits per heavy atom. The van der Waals surface area contributed by atoms with Crippen LogP contribution in [-0.2, 0) is 6.61 Å². The number of hydrogen-bond donors (Lipinski definition) is 0. The van der Waals surface area contributed by atoms with Gasteiger partial charge in [0.05, 0.1) is 15.1 Å². The van der Waals surface area contributed by atoms with Gasteiger partial charge in [-0.3, -0.25) is 4.99 Å². The number of halogens is 2. The second kappa shape index (κ2) is 6.73. The molecule has 0 radical (unpaired) electrons. The maximum Gasteiger partial charge on any atom is 0.119 e. The van der Waals surface area contributed by atoms with Crippen LogP contribution in [0, 0.1) is 0 Å². The van der Waals surface area contributed by atoms with Gasteiger partial charge in [-0.1, -0.05) is 29.3 Å². The lowest BCUT2D eigenvalue weighted by molar-refractivity contribution is 0.306. The van der Waals surface area contributed by atoms with E-state index in [1.807, 2.05) is 36.4 Å². The molecular weight excluding hydrogens is 325 g/mol. The Morgan fingerprint density at radius 1 is 1.05 bits per heavy atom. The molecule has 0 aromatic heterocycles. The van der Waals surface area contributed by atoms with E-state index in [2.05, 4.69) is 4.99 Å². The molecule has 2 aromatic rings. The molecule has 0 atom stereocenters. The third kappa shape index (κ3) is 3.73. The molecule has 0 saturated carbocycles. The van der Waals surface area contributed by atoms with Gasteiger partial charge in [0.2, 0.25) is 0 Å². The zero-order valence-electron chi connectivity index (χ0n) is 11.2. The third-order valence-electron chi connectivity index (χ3n) is 3.08. The Morgan fingerprint density at radius 2 is 1.86 bits per heavy atom. The van der Waals surface area contributed by atoms with Crippen molar-refractivity contribution in [1.29, 1.82) is 0 Å². The molecule has 0 N–H and O–H groups in total. The molecule has 0 aliphatic carbocycles. The zero-order chi connectivity index (χ0) is 14.7. The first-order chi connectivity index (χ1) is 10.2. The van der Waals surface area contributed by atoms with Crippen molar-refractivity contribution >= 4 is 40.0 Å². The first-order valence-electron chi connectivity index (χ1n) is 6.57. The van der Waals surface area contributed by atoms with Gasteiger partial charge in [0, 0.05) is 17.9 Å². The van der Waals surface area contributed by atoms with Crippen molar-refractivity contribution in [2.24, 2.45) is 4.99 Å². The third-order valence-corrected chi connectivity index (χ3v) is 4.84. The zero-order valence-corrected chi connectivity index (χ0v) is 13.5. The summed E-state index contributed by atoms with van der Waals surface area (Å²) in [5.41, 5.74) is 2.14. The van der Waals surface area contributed by atoms with Gasteiger partial charge < -0.3 is 4.74 Å². The van der Waals surface area contributed by atoms with Crippen LogP contribution in [0.15, 0.2) is 47.5 Å². The van der Waals surface area contributed by atoms with Crippen LogP contribution in [0.3, 0.4) is 0 Å². The molecule has 0 unspecified atom stereocenters. The molecule has 1 aliphatic heterocycles. The van der Waals surface area contributed by atoms with Crippen molar-refractivity contribution in [2.75, 3.05) is 12.3 Å². The van der Waals surface area contributed by atoms with E-state index < -0.39 is 0 Å². The van der Waals surface area contributed by atoms with Gasteiger partial charge in [0.25, 0.3) is 0 Å². The number of ether oxygens (including phenoxy) is 1. The van der Waals surface area contributed by atoms with Crippen molar-refractivity contribution in [3.8, 4) is 5.75 Å². The molecule has 21 heavy (non-hydrogen) atoms.